The molecule has 1 N–H and O–H groups in total. The highest BCUT2D eigenvalue weighted by Crippen LogP contribution is 2.19. The van der Waals surface area contributed by atoms with Gasteiger partial charge in [-0.05, 0) is 33.1 Å². The molecule has 1 fully saturated rings. The predicted molar refractivity (Wildman–Crippen MR) is 59.1 cm³/mol. The van der Waals surface area contributed by atoms with E-state index in [1.807, 2.05) is 0 Å². The Balaban J connectivity index is 2.40. The second kappa shape index (κ2) is 5.38. The summed E-state index contributed by atoms with van der Waals surface area (Å²) in [5.41, 5.74) is 0. The van der Waals surface area contributed by atoms with Crippen LogP contribution < -0.4 is 5.32 Å². The Kier molecular flexibility index (Phi) is 4.44. The fourth-order valence-electron chi connectivity index (χ4n) is 2.11. The van der Waals surface area contributed by atoms with Crippen LogP contribution in [0.1, 0.15) is 40.0 Å². The van der Waals surface area contributed by atoms with Crippen LogP contribution in [0.2, 0.25) is 0 Å². The van der Waals surface area contributed by atoms with E-state index in [-0.39, 0.29) is 6.04 Å². The van der Waals surface area contributed by atoms with Crippen LogP contribution >= 0.6 is 0 Å². The molecule has 0 aromatic rings. The van der Waals surface area contributed by atoms with Gasteiger partial charge in [0.05, 0.1) is 18.2 Å². The number of rotatable bonds is 3. The Morgan fingerprint density at radius 3 is 2.43 bits per heavy atom. The third kappa shape index (κ3) is 3.32. The lowest BCUT2D eigenvalue weighted by Gasteiger charge is -2.33. The van der Waals surface area contributed by atoms with E-state index in [0.29, 0.717) is 18.2 Å². The molecule has 0 amide bonds. The lowest BCUT2D eigenvalue weighted by Crippen LogP contribution is -2.45. The minimum atomic E-state index is 0.220. The third-order valence-electron chi connectivity index (χ3n) is 2.74. The van der Waals surface area contributed by atoms with E-state index >= 15 is 0 Å². The highest BCUT2D eigenvalue weighted by molar-refractivity contribution is 4.99. The molecule has 0 spiro atoms. The molecular formula is C12H21NO. The van der Waals surface area contributed by atoms with Crippen LogP contribution in [0.4, 0.5) is 0 Å². The number of ether oxygens (including phenoxy) is 1. The lowest BCUT2D eigenvalue weighted by atomic mass is 9.99. The molecule has 3 unspecified atom stereocenters. The van der Waals surface area contributed by atoms with E-state index in [4.69, 9.17) is 11.2 Å². The van der Waals surface area contributed by atoms with Gasteiger partial charge in [-0.25, -0.2) is 0 Å². The van der Waals surface area contributed by atoms with Crippen LogP contribution in [0.25, 0.3) is 0 Å². The standard InChI is InChI=1S/C12H21NO/c1-5-11(6-2)13-12-7-9(3)14-10(4)8-12/h1,9-13H,6-8H2,2-4H3. The number of hydrogen-bond acceptors (Lipinski definition) is 2. The molecule has 80 valence electrons. The van der Waals surface area contributed by atoms with Gasteiger partial charge in [-0.15, -0.1) is 6.42 Å². The molecule has 1 aliphatic rings. The van der Waals surface area contributed by atoms with E-state index < -0.39 is 0 Å². The molecule has 0 aromatic heterocycles. The topological polar surface area (TPSA) is 21.3 Å². The molecule has 1 aliphatic heterocycles. The summed E-state index contributed by atoms with van der Waals surface area (Å²) < 4.78 is 5.67. The molecule has 3 atom stereocenters. The van der Waals surface area contributed by atoms with Gasteiger partial charge in [-0.3, -0.25) is 0 Å². The van der Waals surface area contributed by atoms with Gasteiger partial charge in [0.1, 0.15) is 0 Å². The summed E-state index contributed by atoms with van der Waals surface area (Å²) in [4.78, 5) is 0. The summed E-state index contributed by atoms with van der Waals surface area (Å²) in [6, 6.07) is 0.743. The molecule has 1 saturated heterocycles. The van der Waals surface area contributed by atoms with Crippen molar-refractivity contribution in [1.29, 1.82) is 0 Å². The van der Waals surface area contributed by atoms with Crippen LogP contribution in [-0.4, -0.2) is 24.3 Å². The van der Waals surface area contributed by atoms with Crippen LogP contribution in [0.15, 0.2) is 0 Å². The van der Waals surface area contributed by atoms with Gasteiger partial charge in [0, 0.05) is 6.04 Å². The minimum absolute atomic E-state index is 0.220. The van der Waals surface area contributed by atoms with Gasteiger partial charge in [-0.2, -0.15) is 0 Å². The van der Waals surface area contributed by atoms with Crippen molar-refractivity contribution in [3.05, 3.63) is 0 Å². The van der Waals surface area contributed by atoms with Crippen LogP contribution in [0.5, 0.6) is 0 Å². The van der Waals surface area contributed by atoms with Gasteiger partial charge in [0.25, 0.3) is 0 Å². The first kappa shape index (κ1) is 11.6. The molecule has 2 heteroatoms. The summed E-state index contributed by atoms with van der Waals surface area (Å²) in [5.74, 6) is 2.78. The Morgan fingerprint density at radius 2 is 2.00 bits per heavy atom. The molecule has 0 radical (unpaired) electrons. The maximum Gasteiger partial charge on any atom is 0.0686 e. The largest absolute Gasteiger partial charge is 0.375 e. The first-order chi connectivity index (χ1) is 6.65. The average molecular weight is 195 g/mol. The van der Waals surface area contributed by atoms with Crippen molar-refractivity contribution < 1.29 is 4.74 Å². The van der Waals surface area contributed by atoms with Gasteiger partial charge >= 0.3 is 0 Å². The molecular weight excluding hydrogens is 174 g/mol. The normalized spacial score (nSPS) is 34.9. The van der Waals surface area contributed by atoms with Crippen molar-refractivity contribution in [2.75, 3.05) is 0 Å². The van der Waals surface area contributed by atoms with E-state index in [2.05, 4.69) is 32.0 Å². The fourth-order valence-corrected chi connectivity index (χ4v) is 2.11. The second-order valence-electron chi connectivity index (χ2n) is 4.22. The number of terminal acetylenes is 1. The zero-order valence-corrected chi connectivity index (χ0v) is 9.42. The molecule has 1 heterocycles. The Morgan fingerprint density at radius 1 is 1.43 bits per heavy atom. The van der Waals surface area contributed by atoms with Crippen molar-refractivity contribution >= 4 is 0 Å². The minimum Gasteiger partial charge on any atom is -0.375 e. The van der Waals surface area contributed by atoms with Crippen LogP contribution in [0, 0.1) is 12.3 Å². The van der Waals surface area contributed by atoms with E-state index in [0.717, 1.165) is 19.3 Å². The predicted octanol–water partition coefficient (Wildman–Crippen LogP) is 1.94. The molecule has 0 aromatic carbocycles. The molecule has 14 heavy (non-hydrogen) atoms. The summed E-state index contributed by atoms with van der Waals surface area (Å²) in [6.07, 6.45) is 9.27. The highest BCUT2D eigenvalue weighted by Gasteiger charge is 2.25. The van der Waals surface area contributed by atoms with E-state index in [1.54, 1.807) is 0 Å². The first-order valence-electron chi connectivity index (χ1n) is 5.53. The first-order valence-corrected chi connectivity index (χ1v) is 5.53. The van der Waals surface area contributed by atoms with E-state index in [9.17, 15) is 0 Å². The zero-order valence-electron chi connectivity index (χ0n) is 9.42. The second-order valence-corrected chi connectivity index (χ2v) is 4.22. The zero-order chi connectivity index (χ0) is 10.6. The molecule has 1 rings (SSSR count). The van der Waals surface area contributed by atoms with Crippen molar-refractivity contribution in [3.63, 3.8) is 0 Å². The maximum absolute atomic E-state index is 5.67. The van der Waals surface area contributed by atoms with Crippen molar-refractivity contribution in [1.82, 2.24) is 5.32 Å². The molecule has 0 aliphatic carbocycles. The summed E-state index contributed by atoms with van der Waals surface area (Å²) >= 11 is 0. The Labute approximate surface area is 87.4 Å². The smallest absolute Gasteiger partial charge is 0.0686 e. The van der Waals surface area contributed by atoms with Gasteiger partial charge in [0.15, 0.2) is 0 Å². The third-order valence-corrected chi connectivity index (χ3v) is 2.74. The van der Waals surface area contributed by atoms with Crippen molar-refractivity contribution in [2.24, 2.45) is 0 Å². The lowest BCUT2D eigenvalue weighted by molar-refractivity contribution is -0.0428. The van der Waals surface area contributed by atoms with Gasteiger partial charge < -0.3 is 10.1 Å². The molecule has 2 nitrogen and oxygen atoms in total. The Bertz CT molecular complexity index is 199. The Hall–Kier alpha value is -0.520. The highest BCUT2D eigenvalue weighted by atomic mass is 16.5. The van der Waals surface area contributed by atoms with Crippen molar-refractivity contribution in [3.8, 4) is 12.3 Å². The summed E-state index contributed by atoms with van der Waals surface area (Å²) in [7, 11) is 0. The molecule has 0 bridgehead atoms. The van der Waals surface area contributed by atoms with Crippen LogP contribution in [0.3, 0.4) is 0 Å². The van der Waals surface area contributed by atoms with E-state index in [1.165, 1.54) is 0 Å². The van der Waals surface area contributed by atoms with Crippen LogP contribution in [-0.2, 0) is 4.74 Å². The number of hydrogen-bond donors (Lipinski definition) is 1. The van der Waals surface area contributed by atoms with Gasteiger partial charge in [0.2, 0.25) is 0 Å². The number of nitrogens with one attached hydrogen (secondary N) is 1. The summed E-state index contributed by atoms with van der Waals surface area (Å²) in [6.45, 7) is 6.37. The maximum atomic E-state index is 5.67. The molecule has 0 saturated carbocycles. The fraction of sp³-hybridized carbons (Fsp3) is 0.833. The van der Waals surface area contributed by atoms with Crippen molar-refractivity contribution in [2.45, 2.75) is 64.3 Å². The SMILES string of the molecule is C#CC(CC)NC1CC(C)OC(C)C1. The summed E-state index contributed by atoms with van der Waals surface area (Å²) in [5, 5.41) is 3.50. The van der Waals surface area contributed by atoms with Gasteiger partial charge in [-0.1, -0.05) is 12.8 Å². The average Bonchev–Trinajstić information content (AvgIpc) is 2.12. The quantitative estimate of drug-likeness (QED) is 0.695. The monoisotopic (exact) mass is 195 g/mol.